The topological polar surface area (TPSA) is 29.1 Å². The molecule has 0 atom stereocenters. The maximum atomic E-state index is 11.9. The Morgan fingerprint density at radius 1 is 1.50 bits per heavy atom. The van der Waals surface area contributed by atoms with Crippen LogP contribution in [0.5, 0.6) is 0 Å². The number of nitrogens with one attached hydrogen (secondary N) is 1. The van der Waals surface area contributed by atoms with Crippen molar-refractivity contribution in [1.29, 1.82) is 0 Å². The molecule has 0 aromatic heterocycles. The quantitative estimate of drug-likeness (QED) is 0.904. The lowest BCUT2D eigenvalue weighted by atomic mass is 9.70. The fourth-order valence-corrected chi connectivity index (χ4v) is 2.38. The Hall–Kier alpha value is -0.830. The third-order valence-electron chi connectivity index (χ3n) is 3.32. The zero-order chi connectivity index (χ0) is 11.6. The summed E-state index contributed by atoms with van der Waals surface area (Å²) in [6.45, 7) is 3.02. The lowest BCUT2D eigenvalue weighted by molar-refractivity contribution is 0.0890. The highest BCUT2D eigenvalue weighted by molar-refractivity contribution is 9.10. The first-order valence-corrected chi connectivity index (χ1v) is 6.42. The summed E-state index contributed by atoms with van der Waals surface area (Å²) in [5.41, 5.74) is 1.05. The molecule has 0 radical (unpaired) electrons. The first-order valence-electron chi connectivity index (χ1n) is 5.63. The second kappa shape index (κ2) is 4.58. The molecule has 0 aliphatic heterocycles. The van der Waals surface area contributed by atoms with E-state index in [4.69, 9.17) is 0 Å². The smallest absolute Gasteiger partial charge is 0.251 e. The van der Waals surface area contributed by atoms with Gasteiger partial charge in [0.1, 0.15) is 0 Å². The maximum Gasteiger partial charge on any atom is 0.251 e. The van der Waals surface area contributed by atoms with Gasteiger partial charge < -0.3 is 5.32 Å². The maximum absolute atomic E-state index is 11.9. The summed E-state index contributed by atoms with van der Waals surface area (Å²) in [6.07, 6.45) is 3.75. The molecule has 86 valence electrons. The molecule has 2 rings (SSSR count). The molecular formula is C13H16BrNO. The molecule has 0 heterocycles. The average Bonchev–Trinajstić information content (AvgIpc) is 2.23. The highest BCUT2D eigenvalue weighted by atomic mass is 79.9. The fourth-order valence-electron chi connectivity index (χ4n) is 1.98. The second-order valence-corrected chi connectivity index (χ2v) is 5.77. The molecule has 2 nitrogen and oxygen atoms in total. The Balaban J connectivity index is 1.93. The fraction of sp³-hybridized carbons (Fsp3) is 0.462. The van der Waals surface area contributed by atoms with Crippen LogP contribution in [0.1, 0.15) is 36.5 Å². The van der Waals surface area contributed by atoms with E-state index in [1.807, 2.05) is 24.3 Å². The van der Waals surface area contributed by atoms with Crippen molar-refractivity contribution in [1.82, 2.24) is 5.32 Å². The van der Waals surface area contributed by atoms with Crippen LogP contribution in [-0.2, 0) is 0 Å². The van der Waals surface area contributed by atoms with E-state index in [0.717, 1.165) is 16.6 Å². The third kappa shape index (κ3) is 2.64. The number of rotatable bonds is 3. The van der Waals surface area contributed by atoms with Crippen LogP contribution in [0.25, 0.3) is 0 Å². The van der Waals surface area contributed by atoms with Crippen molar-refractivity contribution in [3.63, 3.8) is 0 Å². The molecule has 0 unspecified atom stereocenters. The molecule has 16 heavy (non-hydrogen) atoms. The van der Waals surface area contributed by atoms with Crippen LogP contribution < -0.4 is 5.32 Å². The largest absolute Gasteiger partial charge is 0.351 e. The van der Waals surface area contributed by atoms with Gasteiger partial charge in [0.05, 0.1) is 0 Å². The van der Waals surface area contributed by atoms with E-state index < -0.39 is 0 Å². The van der Waals surface area contributed by atoms with Gasteiger partial charge in [0, 0.05) is 16.6 Å². The molecule has 1 fully saturated rings. The molecule has 1 aliphatic rings. The first kappa shape index (κ1) is 11.6. The summed E-state index contributed by atoms with van der Waals surface area (Å²) >= 11 is 3.37. The summed E-state index contributed by atoms with van der Waals surface area (Å²) < 4.78 is 0.940. The van der Waals surface area contributed by atoms with Gasteiger partial charge in [-0.3, -0.25) is 4.79 Å². The third-order valence-corrected chi connectivity index (χ3v) is 3.82. The highest BCUT2D eigenvalue weighted by Gasteiger charge is 2.31. The minimum Gasteiger partial charge on any atom is -0.351 e. The van der Waals surface area contributed by atoms with Crippen molar-refractivity contribution in [3.05, 3.63) is 34.3 Å². The number of hydrogen-bond donors (Lipinski definition) is 1. The van der Waals surface area contributed by atoms with Crippen LogP contribution in [0.4, 0.5) is 0 Å². The van der Waals surface area contributed by atoms with Crippen molar-refractivity contribution in [2.75, 3.05) is 6.54 Å². The highest BCUT2D eigenvalue weighted by Crippen LogP contribution is 2.39. The molecule has 3 heteroatoms. The lowest BCUT2D eigenvalue weighted by Gasteiger charge is -2.38. The average molecular weight is 282 g/mol. The van der Waals surface area contributed by atoms with Gasteiger partial charge in [-0.1, -0.05) is 35.3 Å². The minimum absolute atomic E-state index is 0.0226. The van der Waals surface area contributed by atoms with Crippen molar-refractivity contribution in [2.45, 2.75) is 26.2 Å². The van der Waals surface area contributed by atoms with E-state index in [1.165, 1.54) is 19.3 Å². The molecule has 0 bridgehead atoms. The zero-order valence-electron chi connectivity index (χ0n) is 9.42. The summed E-state index contributed by atoms with van der Waals surface area (Å²) in [5, 5.41) is 3.01. The summed E-state index contributed by atoms with van der Waals surface area (Å²) in [6, 6.07) is 7.48. The van der Waals surface area contributed by atoms with Gasteiger partial charge in [-0.05, 0) is 36.5 Å². The van der Waals surface area contributed by atoms with Crippen LogP contribution in [0.15, 0.2) is 28.7 Å². The summed E-state index contributed by atoms with van der Waals surface area (Å²) in [4.78, 5) is 11.9. The van der Waals surface area contributed by atoms with Crippen LogP contribution in [-0.4, -0.2) is 12.5 Å². The summed E-state index contributed by atoms with van der Waals surface area (Å²) in [7, 11) is 0. The molecule has 1 N–H and O–H groups in total. The Bertz CT molecular complexity index is 399. The molecular weight excluding hydrogens is 266 g/mol. The van der Waals surface area contributed by atoms with E-state index in [2.05, 4.69) is 28.2 Å². The van der Waals surface area contributed by atoms with E-state index in [-0.39, 0.29) is 5.91 Å². The number of benzene rings is 1. The molecule has 1 aromatic carbocycles. The van der Waals surface area contributed by atoms with Crippen molar-refractivity contribution in [3.8, 4) is 0 Å². The SMILES string of the molecule is CC1(CNC(=O)c2cccc(Br)c2)CCC1. The van der Waals surface area contributed by atoms with E-state index in [0.29, 0.717) is 5.41 Å². The van der Waals surface area contributed by atoms with Gasteiger partial charge >= 0.3 is 0 Å². The van der Waals surface area contributed by atoms with Crippen LogP contribution in [0, 0.1) is 5.41 Å². The number of carbonyl (C=O) groups is 1. The predicted molar refractivity (Wildman–Crippen MR) is 68.4 cm³/mol. The number of hydrogen-bond acceptors (Lipinski definition) is 1. The molecule has 0 saturated heterocycles. The van der Waals surface area contributed by atoms with E-state index >= 15 is 0 Å². The van der Waals surface area contributed by atoms with Crippen LogP contribution in [0.3, 0.4) is 0 Å². The Kier molecular flexibility index (Phi) is 3.33. The Labute approximate surface area is 105 Å². The van der Waals surface area contributed by atoms with Crippen molar-refractivity contribution >= 4 is 21.8 Å². The molecule has 0 spiro atoms. The van der Waals surface area contributed by atoms with Gasteiger partial charge in [0.25, 0.3) is 5.91 Å². The van der Waals surface area contributed by atoms with Crippen molar-refractivity contribution < 1.29 is 4.79 Å². The normalized spacial score (nSPS) is 17.6. The second-order valence-electron chi connectivity index (χ2n) is 4.86. The van der Waals surface area contributed by atoms with Gasteiger partial charge in [-0.15, -0.1) is 0 Å². The van der Waals surface area contributed by atoms with Crippen LogP contribution >= 0.6 is 15.9 Å². The van der Waals surface area contributed by atoms with E-state index in [9.17, 15) is 4.79 Å². The Morgan fingerprint density at radius 2 is 2.25 bits per heavy atom. The molecule has 1 aliphatic carbocycles. The minimum atomic E-state index is 0.0226. The van der Waals surface area contributed by atoms with Gasteiger partial charge in [-0.2, -0.15) is 0 Å². The lowest BCUT2D eigenvalue weighted by Crippen LogP contribution is -2.39. The number of halogens is 1. The Morgan fingerprint density at radius 3 is 2.81 bits per heavy atom. The first-order chi connectivity index (χ1) is 7.59. The van der Waals surface area contributed by atoms with Crippen LogP contribution in [0.2, 0.25) is 0 Å². The van der Waals surface area contributed by atoms with Crippen molar-refractivity contribution in [2.24, 2.45) is 5.41 Å². The monoisotopic (exact) mass is 281 g/mol. The van der Waals surface area contributed by atoms with Gasteiger partial charge in [-0.25, -0.2) is 0 Å². The molecule has 1 aromatic rings. The molecule has 1 amide bonds. The van der Waals surface area contributed by atoms with Gasteiger partial charge in [0.15, 0.2) is 0 Å². The number of carbonyl (C=O) groups excluding carboxylic acids is 1. The van der Waals surface area contributed by atoms with E-state index in [1.54, 1.807) is 0 Å². The zero-order valence-corrected chi connectivity index (χ0v) is 11.0. The molecule has 1 saturated carbocycles. The number of amides is 1. The predicted octanol–water partition coefficient (Wildman–Crippen LogP) is 3.37. The summed E-state index contributed by atoms with van der Waals surface area (Å²) in [5.74, 6) is 0.0226. The standard InChI is InChI=1S/C13H16BrNO/c1-13(6-3-7-13)9-15-12(16)10-4-2-5-11(14)8-10/h2,4-5,8H,3,6-7,9H2,1H3,(H,15,16). The van der Waals surface area contributed by atoms with Gasteiger partial charge in [0.2, 0.25) is 0 Å².